The fourth-order valence-electron chi connectivity index (χ4n) is 2.18. The first-order chi connectivity index (χ1) is 10.1. The van der Waals surface area contributed by atoms with E-state index in [2.05, 4.69) is 22.7 Å². The summed E-state index contributed by atoms with van der Waals surface area (Å²) >= 11 is 0. The van der Waals surface area contributed by atoms with E-state index < -0.39 is 0 Å². The Morgan fingerprint density at radius 3 is 2.71 bits per heavy atom. The highest BCUT2D eigenvalue weighted by Crippen LogP contribution is 2.21. The van der Waals surface area contributed by atoms with E-state index in [1.807, 2.05) is 48.9 Å². The highest BCUT2D eigenvalue weighted by Gasteiger charge is 2.10. The quantitative estimate of drug-likeness (QED) is 0.827. The molecule has 0 saturated heterocycles. The molecule has 2 rings (SSSR count). The van der Waals surface area contributed by atoms with Crippen LogP contribution in [0, 0.1) is 13.8 Å². The number of nitrogens with zero attached hydrogens (tertiary/aromatic N) is 2. The summed E-state index contributed by atoms with van der Waals surface area (Å²) in [5.41, 5.74) is 3.61. The summed E-state index contributed by atoms with van der Waals surface area (Å²) in [6, 6.07) is 9.49. The van der Waals surface area contributed by atoms with Gasteiger partial charge in [-0.1, -0.05) is 25.5 Å². The van der Waals surface area contributed by atoms with Gasteiger partial charge in [0.1, 0.15) is 0 Å². The van der Waals surface area contributed by atoms with Gasteiger partial charge < -0.3 is 10.6 Å². The minimum absolute atomic E-state index is 0.183. The lowest BCUT2D eigenvalue weighted by Crippen LogP contribution is -2.29. The second-order valence-corrected chi connectivity index (χ2v) is 5.09. The first-order valence-corrected chi connectivity index (χ1v) is 7.29. The number of aromatic nitrogens is 2. The summed E-state index contributed by atoms with van der Waals surface area (Å²) < 4.78 is 1.84. The van der Waals surface area contributed by atoms with Crippen molar-refractivity contribution in [2.45, 2.75) is 33.6 Å². The molecule has 2 amide bonds. The fraction of sp³-hybridized carbons (Fsp3) is 0.375. The van der Waals surface area contributed by atoms with Crippen molar-refractivity contribution in [1.29, 1.82) is 0 Å². The zero-order valence-electron chi connectivity index (χ0n) is 12.8. The molecule has 0 radical (unpaired) electrons. The number of amides is 2. The van der Waals surface area contributed by atoms with Crippen LogP contribution >= 0.6 is 0 Å². The van der Waals surface area contributed by atoms with E-state index in [0.29, 0.717) is 6.54 Å². The molecule has 0 bridgehead atoms. The van der Waals surface area contributed by atoms with Gasteiger partial charge in [0.05, 0.1) is 17.1 Å². The van der Waals surface area contributed by atoms with Crippen molar-refractivity contribution in [3.05, 3.63) is 41.7 Å². The maximum Gasteiger partial charge on any atom is 0.319 e. The van der Waals surface area contributed by atoms with Crippen LogP contribution in [0.5, 0.6) is 0 Å². The highest BCUT2D eigenvalue weighted by molar-refractivity contribution is 5.91. The standard InChI is InChI=1S/C16H22N4O/c1-4-5-10-17-16(21)18-14-8-6-7-9-15(14)20-13(3)11-12(2)19-20/h6-9,11H,4-5,10H2,1-3H3,(H2,17,18,21). The van der Waals surface area contributed by atoms with E-state index in [-0.39, 0.29) is 6.03 Å². The second kappa shape index (κ2) is 6.92. The fourth-order valence-corrected chi connectivity index (χ4v) is 2.18. The smallest absolute Gasteiger partial charge is 0.319 e. The average Bonchev–Trinajstić information content (AvgIpc) is 2.78. The molecule has 1 heterocycles. The Hall–Kier alpha value is -2.30. The molecule has 0 fully saturated rings. The van der Waals surface area contributed by atoms with Crippen LogP contribution in [-0.2, 0) is 0 Å². The Labute approximate surface area is 125 Å². The molecule has 2 N–H and O–H groups in total. The Bertz CT molecular complexity index is 618. The molecule has 1 aromatic heterocycles. The van der Waals surface area contributed by atoms with Crippen molar-refractivity contribution < 1.29 is 4.79 Å². The van der Waals surface area contributed by atoms with Gasteiger partial charge in [-0.15, -0.1) is 0 Å². The SMILES string of the molecule is CCCCNC(=O)Nc1ccccc1-n1nc(C)cc1C. The van der Waals surface area contributed by atoms with Gasteiger partial charge in [0.25, 0.3) is 0 Å². The van der Waals surface area contributed by atoms with Gasteiger partial charge >= 0.3 is 6.03 Å². The number of aryl methyl sites for hydroxylation is 2. The molecule has 1 aromatic carbocycles. The number of carbonyl (C=O) groups is 1. The Morgan fingerprint density at radius 1 is 1.29 bits per heavy atom. The molecule has 21 heavy (non-hydrogen) atoms. The number of hydrogen-bond acceptors (Lipinski definition) is 2. The van der Waals surface area contributed by atoms with E-state index in [9.17, 15) is 4.79 Å². The Balaban J connectivity index is 2.18. The van der Waals surface area contributed by atoms with Crippen molar-refractivity contribution in [2.24, 2.45) is 0 Å². The molecule has 5 nitrogen and oxygen atoms in total. The van der Waals surface area contributed by atoms with Crippen LogP contribution < -0.4 is 10.6 Å². The maximum absolute atomic E-state index is 11.9. The summed E-state index contributed by atoms with van der Waals surface area (Å²) in [5.74, 6) is 0. The zero-order valence-corrected chi connectivity index (χ0v) is 12.8. The summed E-state index contributed by atoms with van der Waals surface area (Å²) in [5, 5.41) is 10.2. The zero-order chi connectivity index (χ0) is 15.2. The van der Waals surface area contributed by atoms with Gasteiger partial charge in [-0.25, -0.2) is 9.48 Å². The van der Waals surface area contributed by atoms with Crippen molar-refractivity contribution in [2.75, 3.05) is 11.9 Å². The first-order valence-electron chi connectivity index (χ1n) is 7.29. The van der Waals surface area contributed by atoms with E-state index in [1.165, 1.54) is 0 Å². The third kappa shape index (κ3) is 3.84. The normalized spacial score (nSPS) is 10.4. The minimum Gasteiger partial charge on any atom is -0.338 e. The summed E-state index contributed by atoms with van der Waals surface area (Å²) in [4.78, 5) is 11.9. The van der Waals surface area contributed by atoms with E-state index >= 15 is 0 Å². The second-order valence-electron chi connectivity index (χ2n) is 5.09. The molecule has 0 atom stereocenters. The van der Waals surface area contributed by atoms with Crippen LogP contribution in [0.25, 0.3) is 5.69 Å². The molecular formula is C16H22N4O. The van der Waals surface area contributed by atoms with E-state index in [1.54, 1.807) is 0 Å². The lowest BCUT2D eigenvalue weighted by molar-refractivity contribution is 0.252. The van der Waals surface area contributed by atoms with Gasteiger partial charge in [0.2, 0.25) is 0 Å². The highest BCUT2D eigenvalue weighted by atomic mass is 16.2. The lowest BCUT2D eigenvalue weighted by Gasteiger charge is -2.13. The number of urea groups is 1. The number of benzene rings is 1. The lowest BCUT2D eigenvalue weighted by atomic mass is 10.2. The molecule has 0 aliphatic carbocycles. The molecule has 0 spiro atoms. The number of carbonyl (C=O) groups excluding carboxylic acids is 1. The summed E-state index contributed by atoms with van der Waals surface area (Å²) in [6.45, 7) is 6.73. The molecular weight excluding hydrogens is 264 g/mol. The molecule has 0 aliphatic rings. The van der Waals surface area contributed by atoms with Crippen LogP contribution in [0.1, 0.15) is 31.2 Å². The van der Waals surface area contributed by atoms with Gasteiger partial charge in [0.15, 0.2) is 0 Å². The molecule has 0 saturated carbocycles. The topological polar surface area (TPSA) is 59.0 Å². The summed E-state index contributed by atoms with van der Waals surface area (Å²) in [6.07, 6.45) is 2.04. The van der Waals surface area contributed by atoms with Crippen LogP contribution in [-0.4, -0.2) is 22.4 Å². The van der Waals surface area contributed by atoms with E-state index in [4.69, 9.17) is 0 Å². The van der Waals surface area contributed by atoms with Crippen LogP contribution in [0.4, 0.5) is 10.5 Å². The monoisotopic (exact) mass is 286 g/mol. The van der Waals surface area contributed by atoms with Crippen molar-refractivity contribution in [3.63, 3.8) is 0 Å². The number of rotatable bonds is 5. The van der Waals surface area contributed by atoms with Crippen molar-refractivity contribution in [3.8, 4) is 5.69 Å². The Kier molecular flexibility index (Phi) is 4.98. The van der Waals surface area contributed by atoms with Gasteiger partial charge in [-0.05, 0) is 38.5 Å². The molecule has 112 valence electrons. The molecule has 2 aromatic rings. The van der Waals surface area contributed by atoms with Crippen LogP contribution in [0.2, 0.25) is 0 Å². The van der Waals surface area contributed by atoms with Gasteiger partial charge in [-0.3, -0.25) is 0 Å². The van der Waals surface area contributed by atoms with E-state index in [0.717, 1.165) is 35.6 Å². The number of hydrogen-bond donors (Lipinski definition) is 2. The number of para-hydroxylation sites is 2. The van der Waals surface area contributed by atoms with Crippen LogP contribution in [0.3, 0.4) is 0 Å². The predicted octanol–water partition coefficient (Wildman–Crippen LogP) is 3.41. The van der Waals surface area contributed by atoms with Crippen molar-refractivity contribution >= 4 is 11.7 Å². The average molecular weight is 286 g/mol. The van der Waals surface area contributed by atoms with Gasteiger partial charge in [-0.2, -0.15) is 5.10 Å². The van der Waals surface area contributed by atoms with Crippen LogP contribution in [0.15, 0.2) is 30.3 Å². The molecule has 0 aliphatic heterocycles. The Morgan fingerprint density at radius 2 is 2.05 bits per heavy atom. The third-order valence-corrected chi connectivity index (χ3v) is 3.21. The third-order valence-electron chi connectivity index (χ3n) is 3.21. The molecule has 0 unspecified atom stereocenters. The summed E-state index contributed by atoms with van der Waals surface area (Å²) in [7, 11) is 0. The number of nitrogens with one attached hydrogen (secondary N) is 2. The largest absolute Gasteiger partial charge is 0.338 e. The van der Waals surface area contributed by atoms with Gasteiger partial charge in [0, 0.05) is 12.2 Å². The number of unbranched alkanes of at least 4 members (excludes halogenated alkanes) is 1. The first kappa shape index (κ1) is 15.1. The molecule has 5 heteroatoms. The minimum atomic E-state index is -0.183. The van der Waals surface area contributed by atoms with Crippen molar-refractivity contribution in [1.82, 2.24) is 15.1 Å². The predicted molar refractivity (Wildman–Crippen MR) is 85.0 cm³/mol. The maximum atomic E-state index is 11.9. The number of anilines is 1.